The van der Waals surface area contributed by atoms with Crippen LogP contribution in [0.4, 0.5) is 0 Å². The summed E-state index contributed by atoms with van der Waals surface area (Å²) in [7, 11) is 1.56. The summed E-state index contributed by atoms with van der Waals surface area (Å²) in [5, 5.41) is 5.36. The molecule has 130 valence electrons. The zero-order valence-corrected chi connectivity index (χ0v) is 14.0. The number of hydrogen-bond donors (Lipinski definition) is 0. The number of ether oxygens (including phenoxy) is 1. The highest BCUT2D eigenvalue weighted by atomic mass is 16.5. The van der Waals surface area contributed by atoms with Crippen molar-refractivity contribution in [1.82, 2.24) is 14.8 Å². The zero-order chi connectivity index (χ0) is 18.1. The van der Waals surface area contributed by atoms with E-state index < -0.39 is 5.97 Å². The van der Waals surface area contributed by atoms with E-state index in [1.54, 1.807) is 37.4 Å². The summed E-state index contributed by atoms with van der Waals surface area (Å²) in [4.78, 5) is 28.6. The fourth-order valence-corrected chi connectivity index (χ4v) is 2.82. The number of aromatic nitrogens is 3. The Morgan fingerprint density at radius 2 is 1.85 bits per heavy atom. The molecular formula is C19H15N3O4. The SMILES string of the molecule is Cn1nc(CC(=O)OCc2nc3ccccc3o2)c2ccccc2c1=O. The summed E-state index contributed by atoms with van der Waals surface area (Å²) < 4.78 is 12.0. The van der Waals surface area contributed by atoms with Gasteiger partial charge in [-0.25, -0.2) is 9.67 Å². The Morgan fingerprint density at radius 1 is 1.12 bits per heavy atom. The van der Waals surface area contributed by atoms with Crippen molar-refractivity contribution in [3.63, 3.8) is 0 Å². The van der Waals surface area contributed by atoms with Gasteiger partial charge in [0.15, 0.2) is 12.2 Å². The summed E-state index contributed by atoms with van der Waals surface area (Å²) in [5.41, 5.74) is 1.64. The van der Waals surface area contributed by atoms with Crippen LogP contribution in [-0.4, -0.2) is 20.7 Å². The van der Waals surface area contributed by atoms with Gasteiger partial charge in [0.05, 0.1) is 17.5 Å². The molecule has 2 aromatic carbocycles. The first-order chi connectivity index (χ1) is 12.6. The maximum Gasteiger partial charge on any atom is 0.312 e. The number of nitrogens with zero attached hydrogens (tertiary/aromatic N) is 3. The molecule has 0 amide bonds. The highest BCUT2D eigenvalue weighted by Gasteiger charge is 2.14. The quantitative estimate of drug-likeness (QED) is 0.526. The van der Waals surface area contributed by atoms with Crippen LogP contribution in [0.1, 0.15) is 11.6 Å². The molecule has 0 bridgehead atoms. The van der Waals surface area contributed by atoms with Gasteiger partial charge < -0.3 is 9.15 Å². The number of hydrogen-bond acceptors (Lipinski definition) is 6. The third-order valence-electron chi connectivity index (χ3n) is 4.04. The molecule has 4 rings (SSSR count). The molecule has 0 aliphatic rings. The standard InChI is InChI=1S/C19H15N3O4/c1-22-19(24)13-7-3-2-6-12(13)15(21-22)10-18(23)25-11-17-20-14-8-4-5-9-16(14)26-17/h2-9H,10-11H2,1H3. The highest BCUT2D eigenvalue weighted by molar-refractivity contribution is 5.86. The summed E-state index contributed by atoms with van der Waals surface area (Å²) in [5.74, 6) is -0.138. The molecule has 0 atom stereocenters. The molecule has 4 aromatic rings. The number of benzene rings is 2. The number of aryl methyl sites for hydroxylation is 1. The van der Waals surface area contributed by atoms with E-state index in [0.717, 1.165) is 0 Å². The number of para-hydroxylation sites is 2. The minimum atomic E-state index is -0.469. The fourth-order valence-electron chi connectivity index (χ4n) is 2.82. The third-order valence-corrected chi connectivity index (χ3v) is 4.04. The molecule has 0 aliphatic heterocycles. The maximum absolute atomic E-state index is 12.2. The number of rotatable bonds is 4. The normalized spacial score (nSPS) is 11.1. The molecule has 0 N–H and O–H groups in total. The Kier molecular flexibility index (Phi) is 3.96. The van der Waals surface area contributed by atoms with Crippen molar-refractivity contribution >= 4 is 27.8 Å². The van der Waals surface area contributed by atoms with E-state index in [9.17, 15) is 9.59 Å². The van der Waals surface area contributed by atoms with Crippen LogP contribution in [0, 0.1) is 0 Å². The zero-order valence-electron chi connectivity index (χ0n) is 14.0. The van der Waals surface area contributed by atoms with Gasteiger partial charge in [-0.1, -0.05) is 30.3 Å². The molecule has 0 aliphatic carbocycles. The first-order valence-electron chi connectivity index (χ1n) is 8.07. The van der Waals surface area contributed by atoms with E-state index >= 15 is 0 Å². The molecule has 26 heavy (non-hydrogen) atoms. The van der Waals surface area contributed by atoms with E-state index in [1.165, 1.54) is 4.68 Å². The summed E-state index contributed by atoms with van der Waals surface area (Å²) in [6.45, 7) is -0.0583. The topological polar surface area (TPSA) is 87.2 Å². The number of carbonyl (C=O) groups is 1. The molecule has 0 saturated carbocycles. The second-order valence-electron chi connectivity index (χ2n) is 5.83. The van der Waals surface area contributed by atoms with Crippen LogP contribution in [0.3, 0.4) is 0 Å². The Hall–Kier alpha value is -3.48. The first kappa shape index (κ1) is 16.0. The highest BCUT2D eigenvalue weighted by Crippen LogP contribution is 2.16. The Bertz CT molecular complexity index is 1140. The number of carbonyl (C=O) groups excluding carboxylic acids is 1. The van der Waals surface area contributed by atoms with Crippen molar-refractivity contribution in [2.45, 2.75) is 13.0 Å². The third kappa shape index (κ3) is 2.95. The van der Waals surface area contributed by atoms with Gasteiger partial charge in [-0.15, -0.1) is 0 Å². The molecule has 0 spiro atoms. The van der Waals surface area contributed by atoms with Gasteiger partial charge in [0.2, 0.25) is 5.89 Å². The Labute approximate surface area is 147 Å². The van der Waals surface area contributed by atoms with Gasteiger partial charge in [0, 0.05) is 12.4 Å². The van der Waals surface area contributed by atoms with E-state index in [1.807, 2.05) is 18.2 Å². The average molecular weight is 349 g/mol. The predicted molar refractivity (Wildman–Crippen MR) is 94.5 cm³/mol. The van der Waals surface area contributed by atoms with Gasteiger partial charge >= 0.3 is 5.97 Å². The maximum atomic E-state index is 12.2. The summed E-state index contributed by atoms with van der Waals surface area (Å²) >= 11 is 0. The van der Waals surface area contributed by atoms with Crippen molar-refractivity contribution in [3.05, 3.63) is 70.5 Å². The molecule has 0 unspecified atom stereocenters. The molecule has 2 aromatic heterocycles. The van der Waals surface area contributed by atoms with Gasteiger partial charge in [0.25, 0.3) is 5.56 Å². The van der Waals surface area contributed by atoms with Crippen molar-refractivity contribution < 1.29 is 13.9 Å². The summed E-state index contributed by atoms with van der Waals surface area (Å²) in [6, 6.07) is 14.4. The molecule has 0 radical (unpaired) electrons. The summed E-state index contributed by atoms with van der Waals surface area (Å²) in [6.07, 6.45) is -0.0468. The van der Waals surface area contributed by atoms with E-state index in [-0.39, 0.29) is 18.6 Å². The minimum Gasteiger partial charge on any atom is -0.455 e. The lowest BCUT2D eigenvalue weighted by Gasteiger charge is -2.07. The van der Waals surface area contributed by atoms with Crippen LogP contribution in [0.15, 0.2) is 57.7 Å². The first-order valence-corrected chi connectivity index (χ1v) is 8.07. The van der Waals surface area contributed by atoms with E-state index in [0.29, 0.717) is 33.5 Å². The molecule has 0 saturated heterocycles. The van der Waals surface area contributed by atoms with Crippen LogP contribution >= 0.6 is 0 Å². The fraction of sp³-hybridized carbons (Fsp3) is 0.158. The van der Waals surface area contributed by atoms with Crippen LogP contribution in [-0.2, 0) is 29.6 Å². The largest absolute Gasteiger partial charge is 0.455 e. The number of oxazole rings is 1. The number of esters is 1. The van der Waals surface area contributed by atoms with Crippen LogP contribution in [0.5, 0.6) is 0 Å². The van der Waals surface area contributed by atoms with E-state index in [2.05, 4.69) is 10.1 Å². The predicted octanol–water partition coefficient (Wildman–Crippen LogP) is 2.36. The second-order valence-corrected chi connectivity index (χ2v) is 5.83. The van der Waals surface area contributed by atoms with Gasteiger partial charge in [0.1, 0.15) is 5.52 Å². The van der Waals surface area contributed by atoms with Crippen LogP contribution < -0.4 is 5.56 Å². The monoisotopic (exact) mass is 349 g/mol. The molecule has 7 nitrogen and oxygen atoms in total. The van der Waals surface area contributed by atoms with E-state index in [4.69, 9.17) is 9.15 Å². The Morgan fingerprint density at radius 3 is 2.65 bits per heavy atom. The van der Waals surface area contributed by atoms with Crippen molar-refractivity contribution in [3.8, 4) is 0 Å². The van der Waals surface area contributed by atoms with Gasteiger partial charge in [-0.2, -0.15) is 5.10 Å². The van der Waals surface area contributed by atoms with Crippen molar-refractivity contribution in [2.24, 2.45) is 7.05 Å². The lowest BCUT2D eigenvalue weighted by molar-refractivity contribution is -0.144. The smallest absolute Gasteiger partial charge is 0.312 e. The van der Waals surface area contributed by atoms with Gasteiger partial charge in [-0.3, -0.25) is 9.59 Å². The van der Waals surface area contributed by atoms with Crippen LogP contribution in [0.25, 0.3) is 21.9 Å². The molecule has 7 heteroatoms. The minimum absolute atomic E-state index is 0.0468. The average Bonchev–Trinajstić information content (AvgIpc) is 3.07. The Balaban J connectivity index is 1.52. The van der Waals surface area contributed by atoms with Gasteiger partial charge in [-0.05, 0) is 18.2 Å². The lowest BCUT2D eigenvalue weighted by Crippen LogP contribution is -2.22. The number of fused-ring (bicyclic) bond motifs is 2. The molecule has 2 heterocycles. The van der Waals surface area contributed by atoms with Crippen LogP contribution in [0.2, 0.25) is 0 Å². The second kappa shape index (κ2) is 6.44. The molecule has 0 fully saturated rings. The van der Waals surface area contributed by atoms with Crippen molar-refractivity contribution in [1.29, 1.82) is 0 Å². The molecular weight excluding hydrogens is 334 g/mol. The lowest BCUT2D eigenvalue weighted by atomic mass is 10.1. The van der Waals surface area contributed by atoms with Crippen molar-refractivity contribution in [2.75, 3.05) is 0 Å².